The van der Waals surface area contributed by atoms with Crippen molar-refractivity contribution in [1.82, 2.24) is 19.8 Å². The van der Waals surface area contributed by atoms with Crippen molar-refractivity contribution >= 4 is 34.0 Å². The van der Waals surface area contributed by atoms with Crippen molar-refractivity contribution in [2.75, 3.05) is 5.32 Å². The smallest absolute Gasteiger partial charge is 0.261 e. The Morgan fingerprint density at radius 2 is 2.03 bits per heavy atom. The molecule has 172 valence electrons. The van der Waals surface area contributed by atoms with Crippen LogP contribution in [-0.4, -0.2) is 37.1 Å². The monoisotopic (exact) mass is 466 g/mol. The van der Waals surface area contributed by atoms with Crippen LogP contribution in [-0.2, 0) is 0 Å². The van der Waals surface area contributed by atoms with Crippen LogP contribution in [0.2, 0.25) is 5.02 Å². The lowest BCUT2D eigenvalue weighted by Crippen LogP contribution is -2.44. The minimum Gasteiger partial charge on any atom is -0.338 e. The fourth-order valence-corrected chi connectivity index (χ4v) is 5.17. The van der Waals surface area contributed by atoms with Gasteiger partial charge < -0.3 is 15.5 Å². The molecule has 4 atom stereocenters. The first-order valence-electron chi connectivity index (χ1n) is 11.5. The molecule has 0 radical (unpaired) electrons. The van der Waals surface area contributed by atoms with Crippen molar-refractivity contribution in [2.24, 2.45) is 11.8 Å². The van der Waals surface area contributed by atoms with E-state index >= 15 is 0 Å². The van der Waals surface area contributed by atoms with E-state index in [2.05, 4.69) is 23.3 Å². The Kier molecular flexibility index (Phi) is 5.87. The lowest BCUT2D eigenvalue weighted by Gasteiger charge is -2.38. The summed E-state index contributed by atoms with van der Waals surface area (Å²) in [6.45, 7) is 2.06. The molecule has 33 heavy (non-hydrogen) atoms. The predicted molar refractivity (Wildman–Crippen MR) is 127 cm³/mol. The number of aromatic amines is 1. The zero-order valence-electron chi connectivity index (χ0n) is 18.4. The van der Waals surface area contributed by atoms with E-state index in [0.717, 1.165) is 24.9 Å². The second-order valence-electron chi connectivity index (χ2n) is 9.22. The van der Waals surface area contributed by atoms with Gasteiger partial charge in [-0.3, -0.25) is 9.48 Å². The minimum atomic E-state index is -0.324. The van der Waals surface area contributed by atoms with Crippen LogP contribution in [0.4, 0.5) is 11.5 Å². The molecule has 0 amide bonds. The average molecular weight is 467 g/mol. The Labute approximate surface area is 196 Å². The van der Waals surface area contributed by atoms with Gasteiger partial charge in [0.25, 0.3) is 5.56 Å². The van der Waals surface area contributed by atoms with Gasteiger partial charge in [0.15, 0.2) is 5.82 Å². The summed E-state index contributed by atoms with van der Waals surface area (Å²) in [5, 5.41) is 31.3. The Morgan fingerprint density at radius 1 is 1.27 bits per heavy atom. The van der Waals surface area contributed by atoms with Crippen LogP contribution in [0.25, 0.3) is 10.9 Å². The fourth-order valence-electron chi connectivity index (χ4n) is 5.04. The van der Waals surface area contributed by atoms with Gasteiger partial charge in [-0.05, 0) is 75.3 Å². The topological polar surface area (TPSA) is 110 Å². The number of nitriles is 1. The largest absolute Gasteiger partial charge is 0.338 e. The van der Waals surface area contributed by atoms with E-state index in [1.165, 1.54) is 5.06 Å². The Balaban J connectivity index is 1.45. The number of benzene rings is 1. The summed E-state index contributed by atoms with van der Waals surface area (Å²) in [5.74, 6) is 0.672. The lowest BCUT2D eigenvalue weighted by molar-refractivity contribution is -0.171. The highest BCUT2D eigenvalue weighted by Gasteiger charge is 2.40. The molecule has 5 rings (SSSR count). The third-order valence-electron chi connectivity index (χ3n) is 7.10. The highest BCUT2D eigenvalue weighted by Crippen LogP contribution is 2.41. The molecule has 0 saturated heterocycles. The molecule has 2 saturated carbocycles. The summed E-state index contributed by atoms with van der Waals surface area (Å²) < 4.78 is 1.82. The number of fused-ring (bicyclic) bond motifs is 1. The van der Waals surface area contributed by atoms with Gasteiger partial charge in [-0.15, -0.1) is 0 Å². The van der Waals surface area contributed by atoms with Crippen molar-refractivity contribution < 1.29 is 5.21 Å². The van der Waals surface area contributed by atoms with Gasteiger partial charge in [0.05, 0.1) is 23.5 Å². The molecule has 2 aliphatic rings. The number of pyridine rings is 1. The van der Waals surface area contributed by atoms with E-state index in [1.807, 2.05) is 22.9 Å². The standard InChI is InChI=1S/C24H27ClN6O2/c1-14(15-2-3-15)31(33)19-8-9-20(16(12-19)13-26)30-21-10-11-27-24(32)22(21)23(29-30)28-18-6-4-17(25)5-7-18/h4-7,10-11,14-16,19-20,33H,2-3,8-9,12H2,1H3,(H,27,32)(H,28,29)/t14-,16-,19+,20+/m0/s1. The van der Waals surface area contributed by atoms with Crippen molar-refractivity contribution in [1.29, 1.82) is 5.26 Å². The molecule has 1 aromatic carbocycles. The van der Waals surface area contributed by atoms with E-state index in [1.54, 1.807) is 18.3 Å². The maximum atomic E-state index is 12.7. The van der Waals surface area contributed by atoms with Crippen LogP contribution in [0.1, 0.15) is 45.1 Å². The normalized spacial score (nSPS) is 24.0. The average Bonchev–Trinajstić information content (AvgIpc) is 3.61. The Hall–Kier alpha value is -2.86. The number of nitrogens with zero attached hydrogens (tertiary/aromatic N) is 4. The van der Waals surface area contributed by atoms with E-state index in [0.29, 0.717) is 40.5 Å². The molecule has 0 aliphatic heterocycles. The van der Waals surface area contributed by atoms with Gasteiger partial charge >= 0.3 is 0 Å². The molecular weight excluding hydrogens is 440 g/mol. The summed E-state index contributed by atoms with van der Waals surface area (Å²) >= 11 is 5.99. The van der Waals surface area contributed by atoms with Crippen molar-refractivity contribution in [2.45, 2.75) is 57.2 Å². The van der Waals surface area contributed by atoms with Crippen LogP contribution >= 0.6 is 11.6 Å². The molecular formula is C24H27ClN6O2. The second-order valence-corrected chi connectivity index (χ2v) is 9.66. The lowest BCUT2D eigenvalue weighted by atomic mass is 9.81. The van der Waals surface area contributed by atoms with Gasteiger partial charge in [-0.1, -0.05) is 11.6 Å². The summed E-state index contributed by atoms with van der Waals surface area (Å²) in [4.78, 5) is 15.4. The number of halogens is 1. The molecule has 0 unspecified atom stereocenters. The van der Waals surface area contributed by atoms with Gasteiger partial charge in [-0.2, -0.15) is 15.4 Å². The van der Waals surface area contributed by atoms with Gasteiger partial charge in [0.2, 0.25) is 0 Å². The van der Waals surface area contributed by atoms with E-state index in [4.69, 9.17) is 16.7 Å². The van der Waals surface area contributed by atoms with E-state index < -0.39 is 0 Å². The number of anilines is 2. The van der Waals surface area contributed by atoms with Gasteiger partial charge in [0, 0.05) is 29.0 Å². The molecule has 8 nitrogen and oxygen atoms in total. The van der Waals surface area contributed by atoms with Crippen LogP contribution in [0, 0.1) is 23.2 Å². The summed E-state index contributed by atoms with van der Waals surface area (Å²) in [7, 11) is 0. The zero-order chi connectivity index (χ0) is 23.1. The molecule has 3 N–H and O–H groups in total. The highest BCUT2D eigenvalue weighted by molar-refractivity contribution is 6.30. The minimum absolute atomic E-state index is 0.0432. The Bertz CT molecular complexity index is 1240. The number of rotatable bonds is 6. The van der Waals surface area contributed by atoms with Crippen molar-refractivity contribution in [3.63, 3.8) is 0 Å². The molecule has 2 aromatic heterocycles. The first-order valence-corrected chi connectivity index (χ1v) is 11.8. The number of aromatic nitrogens is 3. The molecule has 3 aromatic rings. The van der Waals surface area contributed by atoms with E-state index in [-0.39, 0.29) is 29.6 Å². The second kappa shape index (κ2) is 8.82. The molecule has 2 aliphatic carbocycles. The van der Waals surface area contributed by atoms with Crippen LogP contribution in [0.5, 0.6) is 0 Å². The maximum absolute atomic E-state index is 12.7. The predicted octanol–water partition coefficient (Wildman–Crippen LogP) is 4.84. The SMILES string of the molecule is C[C@@H](C1CC1)N(O)[C@@H]1CC[C@@H](n2nc(Nc3ccc(Cl)cc3)c3c(=O)[nH]ccc32)[C@H](C#N)C1. The molecule has 9 heteroatoms. The first-order chi connectivity index (χ1) is 16.0. The van der Waals surface area contributed by atoms with Crippen molar-refractivity contribution in [3.8, 4) is 6.07 Å². The third-order valence-corrected chi connectivity index (χ3v) is 7.35. The Morgan fingerprint density at radius 3 is 2.73 bits per heavy atom. The number of nitrogens with one attached hydrogen (secondary N) is 2. The maximum Gasteiger partial charge on any atom is 0.261 e. The van der Waals surface area contributed by atoms with Gasteiger partial charge in [-0.25, -0.2) is 0 Å². The summed E-state index contributed by atoms with van der Waals surface area (Å²) in [6.07, 6.45) is 5.95. The molecule has 0 bridgehead atoms. The quantitative estimate of drug-likeness (QED) is 0.448. The molecule has 2 heterocycles. The zero-order valence-corrected chi connectivity index (χ0v) is 19.2. The fraction of sp³-hybridized carbons (Fsp3) is 0.458. The van der Waals surface area contributed by atoms with Crippen LogP contribution in [0.15, 0.2) is 41.3 Å². The first kappa shape index (κ1) is 22.0. The van der Waals surface area contributed by atoms with Crippen molar-refractivity contribution in [3.05, 3.63) is 51.9 Å². The number of hydrogen-bond acceptors (Lipinski definition) is 6. The van der Waals surface area contributed by atoms with Gasteiger partial charge in [0.1, 0.15) is 5.39 Å². The number of hydroxylamine groups is 2. The van der Waals surface area contributed by atoms with Crippen LogP contribution in [0.3, 0.4) is 0 Å². The summed E-state index contributed by atoms with van der Waals surface area (Å²) in [5.41, 5.74) is 1.21. The highest BCUT2D eigenvalue weighted by atomic mass is 35.5. The molecule has 0 spiro atoms. The molecule has 2 fully saturated rings. The third kappa shape index (κ3) is 4.24. The van der Waals surface area contributed by atoms with Crippen LogP contribution < -0.4 is 10.9 Å². The number of H-pyrrole nitrogens is 1. The number of hydrogen-bond donors (Lipinski definition) is 3. The van der Waals surface area contributed by atoms with E-state index in [9.17, 15) is 15.3 Å². The summed E-state index contributed by atoms with van der Waals surface area (Å²) in [6, 6.07) is 11.3.